The van der Waals surface area contributed by atoms with Crippen LogP contribution in [0.25, 0.3) is 0 Å². The Morgan fingerprint density at radius 3 is 2.37 bits per heavy atom. The van der Waals surface area contributed by atoms with E-state index in [4.69, 9.17) is 0 Å². The van der Waals surface area contributed by atoms with Gasteiger partial charge in [-0.15, -0.1) is 11.8 Å². The van der Waals surface area contributed by atoms with Crippen LogP contribution in [0.15, 0.2) is 0 Å². The van der Waals surface area contributed by atoms with Gasteiger partial charge in [0.2, 0.25) is 5.91 Å². The van der Waals surface area contributed by atoms with Crippen LogP contribution in [-0.2, 0) is 9.59 Å². The number of carbonyl (C=O) groups excluding carboxylic acids is 1. The van der Waals surface area contributed by atoms with Gasteiger partial charge in [-0.2, -0.15) is 0 Å². The van der Waals surface area contributed by atoms with E-state index in [0.717, 1.165) is 12.8 Å². The van der Waals surface area contributed by atoms with Gasteiger partial charge in [0.15, 0.2) is 0 Å². The lowest BCUT2D eigenvalue weighted by Crippen LogP contribution is -2.32. The van der Waals surface area contributed by atoms with E-state index in [1.54, 1.807) is 16.7 Å². The first-order chi connectivity index (χ1) is 8.78. The molecule has 2 fully saturated rings. The Balaban J connectivity index is 1.91. The maximum Gasteiger partial charge on any atom is 0.308 e. The quantitative estimate of drug-likeness (QED) is 0.859. The molecule has 0 aromatic heterocycles. The molecule has 1 aliphatic carbocycles. The third-order valence-corrected chi connectivity index (χ3v) is 5.15. The van der Waals surface area contributed by atoms with E-state index in [2.05, 4.69) is 20.8 Å². The number of carboxylic acids is 1. The molecule has 2 atom stereocenters. The van der Waals surface area contributed by atoms with Gasteiger partial charge in [-0.25, -0.2) is 0 Å². The predicted molar refractivity (Wildman–Crippen MR) is 76.1 cm³/mol. The summed E-state index contributed by atoms with van der Waals surface area (Å²) in [6.45, 7) is 7.30. The fourth-order valence-corrected chi connectivity index (χ4v) is 3.40. The van der Waals surface area contributed by atoms with Crippen LogP contribution < -0.4 is 0 Å². The Labute approximate surface area is 118 Å². The van der Waals surface area contributed by atoms with Crippen LogP contribution in [0.4, 0.5) is 0 Å². The molecule has 0 unspecified atom stereocenters. The van der Waals surface area contributed by atoms with E-state index < -0.39 is 5.97 Å². The minimum Gasteiger partial charge on any atom is -0.481 e. The first-order valence-corrected chi connectivity index (χ1v) is 7.91. The first kappa shape index (κ1) is 14.7. The SMILES string of the molecule is CC(C)(C)SCC(=O)N1C[C@H](C(=O)O)[C@@H](C2CC2)C1. The molecular formula is C14H23NO3S. The molecule has 0 aromatic rings. The standard InChI is InChI=1S/C14H23NO3S/c1-14(2,3)19-8-12(16)15-6-10(9-4-5-9)11(7-15)13(17)18/h9-11H,4-8H2,1-3H3,(H,17,18)/t10-,11+/m1/s1. The van der Waals surface area contributed by atoms with Crippen LogP contribution in [0.5, 0.6) is 0 Å². The summed E-state index contributed by atoms with van der Waals surface area (Å²) in [6.07, 6.45) is 2.26. The number of likely N-dealkylation sites (tertiary alicyclic amines) is 1. The average molecular weight is 285 g/mol. The Hall–Kier alpha value is -0.710. The van der Waals surface area contributed by atoms with E-state index in [1.807, 2.05) is 0 Å². The molecule has 0 bridgehead atoms. The monoisotopic (exact) mass is 285 g/mol. The van der Waals surface area contributed by atoms with E-state index >= 15 is 0 Å². The highest BCUT2D eigenvalue weighted by Crippen LogP contribution is 2.44. The molecular weight excluding hydrogens is 262 g/mol. The van der Waals surface area contributed by atoms with Crippen LogP contribution in [-0.4, -0.2) is 45.5 Å². The Bertz CT molecular complexity index is 373. The van der Waals surface area contributed by atoms with Gasteiger partial charge < -0.3 is 10.0 Å². The largest absolute Gasteiger partial charge is 0.481 e. The zero-order chi connectivity index (χ0) is 14.2. The number of hydrogen-bond donors (Lipinski definition) is 1. The minimum atomic E-state index is -0.740. The second-order valence-corrected chi connectivity index (χ2v) is 8.45. The number of rotatable bonds is 4. The molecule has 19 heavy (non-hydrogen) atoms. The number of amides is 1. The summed E-state index contributed by atoms with van der Waals surface area (Å²) in [5.41, 5.74) is 0. The van der Waals surface area contributed by atoms with Crippen LogP contribution in [0.3, 0.4) is 0 Å². The van der Waals surface area contributed by atoms with Crippen molar-refractivity contribution in [1.29, 1.82) is 0 Å². The summed E-state index contributed by atoms with van der Waals surface area (Å²) in [4.78, 5) is 25.2. The lowest BCUT2D eigenvalue weighted by atomic mass is 9.92. The molecule has 2 rings (SSSR count). The third-order valence-electron chi connectivity index (χ3n) is 3.89. The van der Waals surface area contributed by atoms with Gasteiger partial charge in [-0.1, -0.05) is 20.8 Å². The topological polar surface area (TPSA) is 57.6 Å². The van der Waals surface area contributed by atoms with Crippen molar-refractivity contribution in [2.24, 2.45) is 17.8 Å². The first-order valence-electron chi connectivity index (χ1n) is 6.92. The molecule has 1 aliphatic heterocycles. The zero-order valence-electron chi connectivity index (χ0n) is 11.9. The molecule has 0 radical (unpaired) electrons. The normalized spacial score (nSPS) is 27.6. The van der Waals surface area contributed by atoms with Gasteiger partial charge in [0.25, 0.3) is 0 Å². The lowest BCUT2D eigenvalue weighted by Gasteiger charge is -2.21. The summed E-state index contributed by atoms with van der Waals surface area (Å²) in [5, 5.41) is 9.28. The lowest BCUT2D eigenvalue weighted by molar-refractivity contribution is -0.142. The minimum absolute atomic E-state index is 0.0669. The Kier molecular flexibility index (Phi) is 4.14. The van der Waals surface area contributed by atoms with Crippen LogP contribution in [0.1, 0.15) is 33.6 Å². The molecule has 108 valence electrons. The van der Waals surface area contributed by atoms with Crippen LogP contribution >= 0.6 is 11.8 Å². The van der Waals surface area contributed by atoms with Crippen molar-refractivity contribution in [3.8, 4) is 0 Å². The molecule has 1 heterocycles. The third kappa shape index (κ3) is 3.88. The number of carboxylic acid groups (broad SMARTS) is 1. The van der Waals surface area contributed by atoms with E-state index in [0.29, 0.717) is 24.8 Å². The summed E-state index contributed by atoms with van der Waals surface area (Å²) >= 11 is 1.62. The molecule has 1 amide bonds. The number of aliphatic carboxylic acids is 1. The Morgan fingerprint density at radius 2 is 1.89 bits per heavy atom. The smallest absolute Gasteiger partial charge is 0.308 e. The second kappa shape index (κ2) is 5.35. The van der Waals surface area contributed by atoms with Crippen LogP contribution in [0.2, 0.25) is 0 Å². The highest BCUT2D eigenvalue weighted by atomic mass is 32.2. The highest BCUT2D eigenvalue weighted by Gasteiger charge is 2.46. The van der Waals surface area contributed by atoms with Crippen LogP contribution in [0, 0.1) is 17.8 Å². The second-order valence-electron chi connectivity index (χ2n) is 6.65. The van der Waals surface area contributed by atoms with Gasteiger partial charge in [-0.3, -0.25) is 9.59 Å². The number of thioether (sulfide) groups is 1. The molecule has 0 spiro atoms. The zero-order valence-corrected chi connectivity index (χ0v) is 12.7. The van der Waals surface area contributed by atoms with E-state index in [1.165, 1.54) is 0 Å². The fraction of sp³-hybridized carbons (Fsp3) is 0.857. The highest BCUT2D eigenvalue weighted by molar-refractivity contribution is 8.01. The van der Waals surface area contributed by atoms with Crippen molar-refractivity contribution in [3.63, 3.8) is 0 Å². The van der Waals surface area contributed by atoms with Crippen molar-refractivity contribution in [2.75, 3.05) is 18.8 Å². The molecule has 2 aliphatic rings. The van der Waals surface area contributed by atoms with E-state index in [-0.39, 0.29) is 22.5 Å². The summed E-state index contributed by atoms with van der Waals surface area (Å²) in [6, 6.07) is 0. The van der Waals surface area contributed by atoms with Gasteiger partial charge >= 0.3 is 5.97 Å². The van der Waals surface area contributed by atoms with Crippen molar-refractivity contribution in [3.05, 3.63) is 0 Å². The number of hydrogen-bond acceptors (Lipinski definition) is 3. The summed E-state index contributed by atoms with van der Waals surface area (Å²) in [7, 11) is 0. The fourth-order valence-electron chi connectivity index (χ4n) is 2.67. The van der Waals surface area contributed by atoms with Crippen molar-refractivity contribution in [2.45, 2.75) is 38.4 Å². The Morgan fingerprint density at radius 1 is 1.26 bits per heavy atom. The van der Waals surface area contributed by atoms with Gasteiger partial charge in [-0.05, 0) is 24.7 Å². The molecule has 1 N–H and O–H groups in total. The van der Waals surface area contributed by atoms with Crippen molar-refractivity contribution >= 4 is 23.6 Å². The molecule has 0 aromatic carbocycles. The predicted octanol–water partition coefficient (Wildman–Crippen LogP) is 2.09. The molecule has 4 nitrogen and oxygen atoms in total. The van der Waals surface area contributed by atoms with Crippen molar-refractivity contribution < 1.29 is 14.7 Å². The van der Waals surface area contributed by atoms with Gasteiger partial charge in [0.1, 0.15) is 0 Å². The number of nitrogens with zero attached hydrogens (tertiary/aromatic N) is 1. The molecule has 1 saturated heterocycles. The van der Waals surface area contributed by atoms with Gasteiger partial charge in [0, 0.05) is 17.8 Å². The van der Waals surface area contributed by atoms with Crippen molar-refractivity contribution in [1.82, 2.24) is 4.90 Å². The van der Waals surface area contributed by atoms with E-state index in [9.17, 15) is 14.7 Å². The summed E-state index contributed by atoms with van der Waals surface area (Å²) < 4.78 is 0.0669. The maximum atomic E-state index is 12.2. The van der Waals surface area contributed by atoms with Gasteiger partial charge in [0.05, 0.1) is 11.7 Å². The molecule has 1 saturated carbocycles. The molecule has 5 heteroatoms. The average Bonchev–Trinajstić information content (AvgIpc) is 3.03. The summed E-state index contributed by atoms with van der Waals surface area (Å²) in [5.74, 6) is 0.170. The number of carbonyl (C=O) groups is 2. The maximum absolute atomic E-state index is 12.2.